The van der Waals surface area contributed by atoms with Crippen LogP contribution in [0.5, 0.6) is 0 Å². The van der Waals surface area contributed by atoms with E-state index in [1.54, 1.807) is 0 Å². The van der Waals surface area contributed by atoms with E-state index in [1.807, 2.05) is 24.3 Å². The minimum absolute atomic E-state index is 0.306. The van der Waals surface area contributed by atoms with Gasteiger partial charge in [0.2, 0.25) is 0 Å². The second-order valence-electron chi connectivity index (χ2n) is 7.18. The van der Waals surface area contributed by atoms with E-state index in [-0.39, 0.29) is 5.97 Å². The summed E-state index contributed by atoms with van der Waals surface area (Å²) in [6.45, 7) is 5.13. The molecule has 0 atom stereocenters. The number of esters is 1. The third kappa shape index (κ3) is 4.83. The third-order valence-corrected chi connectivity index (χ3v) is 5.22. The first-order valence-corrected chi connectivity index (χ1v) is 9.70. The van der Waals surface area contributed by atoms with Crippen LogP contribution in [0.3, 0.4) is 0 Å². The van der Waals surface area contributed by atoms with Crippen LogP contribution in [-0.4, -0.2) is 36.8 Å². The van der Waals surface area contributed by atoms with Gasteiger partial charge in [-0.2, -0.15) is 0 Å². The Bertz CT molecular complexity index is 812. The summed E-state index contributed by atoms with van der Waals surface area (Å²) in [7, 11) is 1.40. The Kier molecular flexibility index (Phi) is 6.40. The molecule has 27 heavy (non-hydrogen) atoms. The zero-order valence-corrected chi connectivity index (χ0v) is 16.3. The van der Waals surface area contributed by atoms with E-state index in [0.29, 0.717) is 5.56 Å². The normalized spacial score (nSPS) is 13.9. The van der Waals surface area contributed by atoms with Crippen molar-refractivity contribution >= 4 is 11.7 Å². The fourth-order valence-corrected chi connectivity index (χ4v) is 3.62. The first kappa shape index (κ1) is 19.3. The molecule has 0 aromatic heterocycles. The molecule has 2 aromatic carbocycles. The molecule has 2 aromatic rings. The van der Waals surface area contributed by atoms with Crippen molar-refractivity contribution in [3.05, 3.63) is 59.2 Å². The van der Waals surface area contributed by atoms with Gasteiger partial charge in [-0.3, -0.25) is 4.90 Å². The molecule has 0 aliphatic carbocycles. The molecule has 0 saturated carbocycles. The SMILES string of the molecule is CCCC(=N)CCN1CCc2cc(-c3ccc(C(=O)OC)cc3)ccc2C1. The van der Waals surface area contributed by atoms with Gasteiger partial charge in [0.25, 0.3) is 0 Å². The molecular weight excluding hydrogens is 336 g/mol. The van der Waals surface area contributed by atoms with E-state index in [2.05, 4.69) is 30.0 Å². The van der Waals surface area contributed by atoms with E-state index in [9.17, 15) is 4.79 Å². The second-order valence-corrected chi connectivity index (χ2v) is 7.18. The highest BCUT2D eigenvalue weighted by molar-refractivity contribution is 5.90. The molecule has 1 aliphatic heterocycles. The van der Waals surface area contributed by atoms with Gasteiger partial charge in [0.1, 0.15) is 0 Å². The van der Waals surface area contributed by atoms with E-state index in [0.717, 1.165) is 56.6 Å². The molecule has 1 aliphatic rings. The number of ether oxygens (including phenoxy) is 1. The summed E-state index contributed by atoms with van der Waals surface area (Å²) in [6.07, 6.45) is 3.91. The van der Waals surface area contributed by atoms with Crippen LogP contribution < -0.4 is 0 Å². The van der Waals surface area contributed by atoms with Gasteiger partial charge in [0.15, 0.2) is 0 Å². The van der Waals surface area contributed by atoms with Crippen LogP contribution in [0.25, 0.3) is 11.1 Å². The Morgan fingerprint density at radius 3 is 2.52 bits per heavy atom. The van der Waals surface area contributed by atoms with Crippen molar-refractivity contribution in [3.8, 4) is 11.1 Å². The van der Waals surface area contributed by atoms with Gasteiger partial charge in [-0.1, -0.05) is 43.7 Å². The summed E-state index contributed by atoms with van der Waals surface area (Å²) in [5.41, 5.74) is 6.53. The molecule has 0 radical (unpaired) electrons. The topological polar surface area (TPSA) is 53.4 Å². The number of fused-ring (bicyclic) bond motifs is 1. The van der Waals surface area contributed by atoms with Crippen molar-refractivity contribution in [2.24, 2.45) is 0 Å². The summed E-state index contributed by atoms with van der Waals surface area (Å²) in [4.78, 5) is 14.0. The van der Waals surface area contributed by atoms with Crippen LogP contribution in [0.1, 0.15) is 47.7 Å². The maximum Gasteiger partial charge on any atom is 0.337 e. The number of hydrogen-bond acceptors (Lipinski definition) is 4. The Balaban J connectivity index is 1.66. The van der Waals surface area contributed by atoms with Gasteiger partial charge >= 0.3 is 5.97 Å². The van der Waals surface area contributed by atoms with Crippen molar-refractivity contribution in [1.29, 1.82) is 5.41 Å². The fourth-order valence-electron chi connectivity index (χ4n) is 3.62. The lowest BCUT2D eigenvalue weighted by Crippen LogP contribution is -2.32. The molecular formula is C23H28N2O2. The van der Waals surface area contributed by atoms with Crippen LogP contribution in [0.15, 0.2) is 42.5 Å². The Morgan fingerprint density at radius 1 is 1.07 bits per heavy atom. The summed E-state index contributed by atoms with van der Waals surface area (Å²) < 4.78 is 4.76. The van der Waals surface area contributed by atoms with Gasteiger partial charge < -0.3 is 10.1 Å². The van der Waals surface area contributed by atoms with Crippen molar-refractivity contribution in [2.45, 2.75) is 39.2 Å². The zero-order chi connectivity index (χ0) is 19.2. The molecule has 1 heterocycles. The zero-order valence-electron chi connectivity index (χ0n) is 16.3. The van der Waals surface area contributed by atoms with E-state index >= 15 is 0 Å². The number of carbonyl (C=O) groups excluding carboxylic acids is 1. The highest BCUT2D eigenvalue weighted by atomic mass is 16.5. The van der Waals surface area contributed by atoms with Gasteiger partial charge in [-0.05, 0) is 53.6 Å². The molecule has 142 valence electrons. The van der Waals surface area contributed by atoms with Gasteiger partial charge in [-0.15, -0.1) is 0 Å². The summed E-state index contributed by atoms with van der Waals surface area (Å²) in [6, 6.07) is 14.2. The number of carbonyl (C=O) groups is 1. The van der Waals surface area contributed by atoms with E-state index < -0.39 is 0 Å². The van der Waals surface area contributed by atoms with E-state index in [1.165, 1.54) is 23.8 Å². The number of hydrogen-bond donors (Lipinski definition) is 1. The monoisotopic (exact) mass is 364 g/mol. The first-order valence-electron chi connectivity index (χ1n) is 9.70. The molecule has 0 unspecified atom stereocenters. The minimum atomic E-state index is -0.306. The number of nitrogens with zero attached hydrogens (tertiary/aromatic N) is 1. The second kappa shape index (κ2) is 8.96. The van der Waals surface area contributed by atoms with Crippen molar-refractivity contribution in [2.75, 3.05) is 20.2 Å². The smallest absolute Gasteiger partial charge is 0.337 e. The van der Waals surface area contributed by atoms with E-state index in [4.69, 9.17) is 10.1 Å². The third-order valence-electron chi connectivity index (χ3n) is 5.22. The lowest BCUT2D eigenvalue weighted by atomic mass is 9.94. The average molecular weight is 364 g/mol. The van der Waals surface area contributed by atoms with Crippen molar-refractivity contribution in [3.63, 3.8) is 0 Å². The predicted molar refractivity (Wildman–Crippen MR) is 109 cm³/mol. The number of methoxy groups -OCH3 is 1. The lowest BCUT2D eigenvalue weighted by Gasteiger charge is -2.29. The molecule has 3 rings (SSSR count). The molecule has 4 nitrogen and oxygen atoms in total. The lowest BCUT2D eigenvalue weighted by molar-refractivity contribution is 0.0601. The molecule has 1 N–H and O–H groups in total. The maximum atomic E-state index is 11.6. The Hall–Kier alpha value is -2.46. The molecule has 0 amide bonds. The van der Waals surface area contributed by atoms with Gasteiger partial charge in [-0.25, -0.2) is 4.79 Å². The largest absolute Gasteiger partial charge is 0.465 e. The molecule has 0 bridgehead atoms. The summed E-state index contributed by atoms with van der Waals surface area (Å²) in [5.74, 6) is -0.306. The van der Waals surface area contributed by atoms with Crippen molar-refractivity contribution < 1.29 is 9.53 Å². The standard InChI is InChI=1S/C23H28N2O2/c1-3-4-22(24)12-14-25-13-11-20-15-19(9-10-21(20)16-25)17-5-7-18(8-6-17)23(26)27-2/h5-10,15,24H,3-4,11-14,16H2,1-2H3. The van der Waals surface area contributed by atoms with Crippen LogP contribution in [0.2, 0.25) is 0 Å². The number of nitrogens with one attached hydrogen (secondary N) is 1. The highest BCUT2D eigenvalue weighted by Gasteiger charge is 2.17. The fraction of sp³-hybridized carbons (Fsp3) is 0.391. The summed E-state index contributed by atoms with van der Waals surface area (Å²) in [5, 5.41) is 7.97. The molecule has 0 saturated heterocycles. The quantitative estimate of drug-likeness (QED) is 0.572. The van der Waals surface area contributed by atoms with Gasteiger partial charge in [0, 0.05) is 25.3 Å². The van der Waals surface area contributed by atoms with Gasteiger partial charge in [0.05, 0.1) is 12.7 Å². The van der Waals surface area contributed by atoms with Crippen LogP contribution in [-0.2, 0) is 17.7 Å². The molecule has 4 heteroatoms. The van der Waals surface area contributed by atoms with Crippen molar-refractivity contribution in [1.82, 2.24) is 4.90 Å². The summed E-state index contributed by atoms with van der Waals surface area (Å²) >= 11 is 0. The first-order chi connectivity index (χ1) is 13.1. The molecule has 0 fully saturated rings. The highest BCUT2D eigenvalue weighted by Crippen LogP contribution is 2.27. The Morgan fingerprint density at radius 2 is 1.81 bits per heavy atom. The molecule has 0 spiro atoms. The van der Waals surface area contributed by atoms with Crippen LogP contribution in [0.4, 0.5) is 0 Å². The number of rotatable bonds is 7. The van der Waals surface area contributed by atoms with Crippen LogP contribution in [0, 0.1) is 5.41 Å². The average Bonchev–Trinajstić information content (AvgIpc) is 2.71. The Labute approximate surface area is 161 Å². The maximum absolute atomic E-state index is 11.6. The van der Waals surface area contributed by atoms with Crippen LogP contribution >= 0.6 is 0 Å². The predicted octanol–water partition coefficient (Wildman–Crippen LogP) is 4.71. The number of benzene rings is 2. The minimum Gasteiger partial charge on any atom is -0.465 e.